The second-order valence-corrected chi connectivity index (χ2v) is 6.12. The summed E-state index contributed by atoms with van der Waals surface area (Å²) in [5, 5.41) is 2.53. The van der Waals surface area contributed by atoms with Crippen molar-refractivity contribution in [2.75, 3.05) is 11.9 Å². The van der Waals surface area contributed by atoms with Gasteiger partial charge in [-0.15, -0.1) is 0 Å². The number of rotatable bonds is 7. The quantitative estimate of drug-likeness (QED) is 0.552. The molecule has 0 aliphatic heterocycles. The molecule has 1 N–H and O–H groups in total. The average molecular weight is 394 g/mol. The van der Waals surface area contributed by atoms with Crippen molar-refractivity contribution in [2.45, 2.75) is 19.8 Å². The number of ether oxygens (including phenoxy) is 1. The Morgan fingerprint density at radius 2 is 1.88 bits per heavy atom. The highest BCUT2D eigenvalue weighted by Gasteiger charge is 2.07. The molecular weight excluding hydrogens is 377 g/mol. The van der Waals surface area contributed by atoms with Crippen LogP contribution in [0.15, 0.2) is 46.9 Å². The van der Waals surface area contributed by atoms with Gasteiger partial charge in [0.25, 0.3) is 0 Å². The van der Waals surface area contributed by atoms with Gasteiger partial charge in [-0.3, -0.25) is 9.59 Å². The summed E-state index contributed by atoms with van der Waals surface area (Å²) in [6.45, 7) is 1.86. The van der Waals surface area contributed by atoms with Crippen LogP contribution in [0.5, 0.6) is 5.75 Å². The maximum atomic E-state index is 13.6. The molecule has 0 heterocycles. The van der Waals surface area contributed by atoms with E-state index in [0.29, 0.717) is 28.8 Å². The van der Waals surface area contributed by atoms with E-state index in [-0.39, 0.29) is 23.8 Å². The second-order valence-electron chi connectivity index (χ2n) is 5.20. The van der Waals surface area contributed by atoms with Crippen LogP contribution in [0, 0.1) is 5.82 Å². The number of amides is 1. The number of nitrogens with one attached hydrogen (secondary N) is 1. The predicted molar refractivity (Wildman–Crippen MR) is 93.9 cm³/mol. The number of halogens is 2. The van der Waals surface area contributed by atoms with Gasteiger partial charge in [0, 0.05) is 16.5 Å². The van der Waals surface area contributed by atoms with Crippen LogP contribution >= 0.6 is 15.9 Å². The minimum Gasteiger partial charge on any atom is -0.494 e. The molecule has 2 aromatic carbocycles. The SMILES string of the molecule is CC(=O)c1ccc(OCCCC(=O)Nc2ccc(Br)cc2F)cc1. The smallest absolute Gasteiger partial charge is 0.224 e. The van der Waals surface area contributed by atoms with Crippen LogP contribution in [0.1, 0.15) is 30.1 Å². The minimum atomic E-state index is -0.487. The third kappa shape index (κ3) is 5.45. The number of Topliss-reactive ketones (excluding diaryl/α,β-unsaturated/α-hetero) is 1. The lowest BCUT2D eigenvalue weighted by Gasteiger charge is -2.08. The van der Waals surface area contributed by atoms with E-state index in [0.717, 1.165) is 0 Å². The van der Waals surface area contributed by atoms with Crippen molar-refractivity contribution in [3.63, 3.8) is 0 Å². The van der Waals surface area contributed by atoms with Crippen LogP contribution < -0.4 is 10.1 Å². The highest BCUT2D eigenvalue weighted by Crippen LogP contribution is 2.19. The van der Waals surface area contributed by atoms with Crippen molar-refractivity contribution < 1.29 is 18.7 Å². The molecule has 0 aromatic heterocycles. The summed E-state index contributed by atoms with van der Waals surface area (Å²) in [6.07, 6.45) is 0.722. The van der Waals surface area contributed by atoms with Crippen molar-refractivity contribution >= 4 is 33.3 Å². The lowest BCUT2D eigenvalue weighted by molar-refractivity contribution is -0.116. The Balaban J connectivity index is 1.73. The summed E-state index contributed by atoms with van der Waals surface area (Å²) < 4.78 is 19.7. The zero-order valence-electron chi connectivity index (χ0n) is 13.1. The molecule has 0 saturated heterocycles. The van der Waals surface area contributed by atoms with Crippen molar-refractivity contribution in [2.24, 2.45) is 0 Å². The fourth-order valence-electron chi connectivity index (χ4n) is 2.01. The van der Waals surface area contributed by atoms with Gasteiger partial charge in [0.05, 0.1) is 12.3 Å². The number of benzene rings is 2. The maximum Gasteiger partial charge on any atom is 0.224 e. The van der Waals surface area contributed by atoms with Gasteiger partial charge >= 0.3 is 0 Å². The van der Waals surface area contributed by atoms with E-state index in [9.17, 15) is 14.0 Å². The summed E-state index contributed by atoms with van der Waals surface area (Å²) in [4.78, 5) is 23.0. The third-order valence-electron chi connectivity index (χ3n) is 3.28. The van der Waals surface area contributed by atoms with E-state index in [1.807, 2.05) is 0 Å². The fourth-order valence-corrected chi connectivity index (χ4v) is 2.35. The molecule has 0 unspecified atom stereocenters. The van der Waals surface area contributed by atoms with E-state index in [1.165, 1.54) is 19.1 Å². The molecule has 2 rings (SSSR count). The summed E-state index contributed by atoms with van der Waals surface area (Å²) in [5.41, 5.74) is 0.780. The Labute approximate surface area is 148 Å². The fraction of sp³-hybridized carbons (Fsp3) is 0.222. The van der Waals surface area contributed by atoms with Crippen LogP contribution in [0.4, 0.5) is 10.1 Å². The molecule has 24 heavy (non-hydrogen) atoms. The zero-order chi connectivity index (χ0) is 17.5. The average Bonchev–Trinajstić information content (AvgIpc) is 2.55. The number of carbonyl (C=O) groups is 2. The number of hydrogen-bond acceptors (Lipinski definition) is 3. The molecule has 0 radical (unpaired) electrons. The predicted octanol–water partition coefficient (Wildman–Crippen LogP) is 4.59. The van der Waals surface area contributed by atoms with Gasteiger partial charge in [-0.2, -0.15) is 0 Å². The number of anilines is 1. The minimum absolute atomic E-state index is 0.00149. The number of carbonyl (C=O) groups excluding carboxylic acids is 2. The molecule has 0 atom stereocenters. The number of ketones is 1. The monoisotopic (exact) mass is 393 g/mol. The first-order valence-electron chi connectivity index (χ1n) is 7.44. The first-order valence-corrected chi connectivity index (χ1v) is 8.23. The Kier molecular flexibility index (Phi) is 6.49. The van der Waals surface area contributed by atoms with Gasteiger partial charge in [-0.1, -0.05) is 15.9 Å². The largest absolute Gasteiger partial charge is 0.494 e. The molecule has 4 nitrogen and oxygen atoms in total. The van der Waals surface area contributed by atoms with Crippen molar-refractivity contribution in [3.05, 3.63) is 58.3 Å². The highest BCUT2D eigenvalue weighted by molar-refractivity contribution is 9.10. The molecule has 0 saturated carbocycles. The maximum absolute atomic E-state index is 13.6. The van der Waals surface area contributed by atoms with E-state index < -0.39 is 5.82 Å². The van der Waals surface area contributed by atoms with E-state index in [4.69, 9.17) is 4.74 Å². The summed E-state index contributed by atoms with van der Waals surface area (Å²) >= 11 is 3.16. The topological polar surface area (TPSA) is 55.4 Å². The molecule has 0 aliphatic rings. The molecular formula is C18H17BrFNO3. The Morgan fingerprint density at radius 1 is 1.17 bits per heavy atom. The third-order valence-corrected chi connectivity index (χ3v) is 3.78. The van der Waals surface area contributed by atoms with Gasteiger partial charge in [-0.05, 0) is 55.8 Å². The van der Waals surface area contributed by atoms with Gasteiger partial charge < -0.3 is 10.1 Å². The second kappa shape index (κ2) is 8.59. The van der Waals surface area contributed by atoms with Crippen LogP contribution in [-0.2, 0) is 4.79 Å². The molecule has 0 aliphatic carbocycles. The molecule has 1 amide bonds. The summed E-state index contributed by atoms with van der Waals surface area (Å²) in [6, 6.07) is 11.3. The first kappa shape index (κ1) is 18.1. The van der Waals surface area contributed by atoms with Gasteiger partial charge in [0.1, 0.15) is 11.6 Å². The Morgan fingerprint density at radius 3 is 2.50 bits per heavy atom. The molecule has 126 valence electrons. The van der Waals surface area contributed by atoms with Crippen LogP contribution in [0.2, 0.25) is 0 Å². The Bertz CT molecular complexity index is 732. The van der Waals surface area contributed by atoms with Crippen molar-refractivity contribution in [3.8, 4) is 5.75 Å². The summed E-state index contributed by atoms with van der Waals surface area (Å²) in [5.74, 6) is -0.121. The first-order chi connectivity index (χ1) is 11.5. The standard InChI is InChI=1S/C18H17BrFNO3/c1-12(22)13-4-7-15(8-5-13)24-10-2-3-18(23)21-17-9-6-14(19)11-16(17)20/h4-9,11H,2-3,10H2,1H3,(H,21,23). The number of hydrogen-bond donors (Lipinski definition) is 1. The van der Waals surface area contributed by atoms with E-state index >= 15 is 0 Å². The molecule has 6 heteroatoms. The molecule has 0 bridgehead atoms. The molecule has 0 spiro atoms. The lowest BCUT2D eigenvalue weighted by atomic mass is 10.1. The molecule has 2 aromatic rings. The van der Waals surface area contributed by atoms with Crippen LogP contribution in [0.3, 0.4) is 0 Å². The van der Waals surface area contributed by atoms with Gasteiger partial charge in [0.15, 0.2) is 5.78 Å². The summed E-state index contributed by atoms with van der Waals surface area (Å²) in [7, 11) is 0. The highest BCUT2D eigenvalue weighted by atomic mass is 79.9. The van der Waals surface area contributed by atoms with E-state index in [2.05, 4.69) is 21.2 Å². The molecule has 0 fully saturated rings. The lowest BCUT2D eigenvalue weighted by Crippen LogP contribution is -2.13. The van der Waals surface area contributed by atoms with Crippen LogP contribution in [0.25, 0.3) is 0 Å². The van der Waals surface area contributed by atoms with E-state index in [1.54, 1.807) is 30.3 Å². The normalized spacial score (nSPS) is 10.3. The van der Waals surface area contributed by atoms with Crippen molar-refractivity contribution in [1.29, 1.82) is 0 Å². The van der Waals surface area contributed by atoms with Crippen LogP contribution in [-0.4, -0.2) is 18.3 Å². The van der Waals surface area contributed by atoms with Gasteiger partial charge in [0.2, 0.25) is 5.91 Å². The van der Waals surface area contributed by atoms with Crippen molar-refractivity contribution in [1.82, 2.24) is 0 Å². The zero-order valence-corrected chi connectivity index (χ0v) is 14.7. The van der Waals surface area contributed by atoms with Gasteiger partial charge in [-0.25, -0.2) is 4.39 Å². The Hall–Kier alpha value is -2.21.